The van der Waals surface area contributed by atoms with E-state index in [-0.39, 0.29) is 12.5 Å². The zero-order valence-corrected chi connectivity index (χ0v) is 13.7. The van der Waals surface area contributed by atoms with E-state index >= 15 is 0 Å². The maximum atomic E-state index is 12.4. The Morgan fingerprint density at radius 3 is 2.56 bits per heavy atom. The van der Waals surface area contributed by atoms with Gasteiger partial charge in [0.25, 0.3) is 0 Å². The van der Waals surface area contributed by atoms with Crippen molar-refractivity contribution in [1.29, 1.82) is 0 Å². The molecule has 1 aliphatic carbocycles. The predicted molar refractivity (Wildman–Crippen MR) is 93.9 cm³/mol. The maximum Gasteiger partial charge on any atom is 0.313 e. The summed E-state index contributed by atoms with van der Waals surface area (Å²) in [6.07, 6.45) is 2.52. The Kier molecular flexibility index (Phi) is 3.67. The number of primary amides is 1. The van der Waals surface area contributed by atoms with Gasteiger partial charge in [-0.15, -0.1) is 0 Å². The van der Waals surface area contributed by atoms with E-state index in [4.69, 9.17) is 5.73 Å². The number of nitrogens with one attached hydrogen (secondary N) is 1. The van der Waals surface area contributed by atoms with Gasteiger partial charge in [0.15, 0.2) is 0 Å². The van der Waals surface area contributed by atoms with Crippen molar-refractivity contribution in [3.63, 3.8) is 0 Å². The molecule has 1 saturated heterocycles. The fourth-order valence-electron chi connectivity index (χ4n) is 3.85. The fourth-order valence-corrected chi connectivity index (χ4v) is 3.85. The molecule has 1 fully saturated rings. The van der Waals surface area contributed by atoms with Gasteiger partial charge in [-0.3, -0.25) is 14.4 Å². The lowest BCUT2D eigenvalue weighted by atomic mass is 10.0. The molecule has 2 aromatic carbocycles. The number of benzene rings is 2. The van der Waals surface area contributed by atoms with Crippen molar-refractivity contribution in [3.05, 3.63) is 41.5 Å². The molecule has 0 aromatic heterocycles. The van der Waals surface area contributed by atoms with Gasteiger partial charge < -0.3 is 16.0 Å². The van der Waals surface area contributed by atoms with Gasteiger partial charge in [-0.05, 0) is 41.8 Å². The standard InChI is InChI=1S/C19H19N3O3/c20-17(23)13-8-9-22(10-13)19(25)18(24)21-15-7-6-12-5-4-11-2-1-3-14(15)16(11)12/h1-3,6-7,13H,4-5,8-10H2,(H2,20,23)(H,21,24)/t13-/m0/s1. The second kappa shape index (κ2) is 5.88. The normalized spacial score (nSPS) is 18.6. The number of anilines is 1. The van der Waals surface area contributed by atoms with Gasteiger partial charge in [-0.1, -0.05) is 24.3 Å². The molecule has 0 radical (unpaired) electrons. The lowest BCUT2D eigenvalue weighted by Crippen LogP contribution is -2.39. The monoisotopic (exact) mass is 337 g/mol. The maximum absolute atomic E-state index is 12.4. The first-order valence-electron chi connectivity index (χ1n) is 8.47. The molecule has 0 spiro atoms. The summed E-state index contributed by atoms with van der Waals surface area (Å²) in [5.41, 5.74) is 8.48. The van der Waals surface area contributed by atoms with Crippen molar-refractivity contribution < 1.29 is 14.4 Å². The average molecular weight is 337 g/mol. The predicted octanol–water partition coefficient (Wildman–Crippen LogP) is 1.21. The van der Waals surface area contributed by atoms with E-state index in [0.717, 1.165) is 18.2 Å². The minimum atomic E-state index is -0.677. The number of nitrogens with two attached hydrogens (primary N) is 1. The van der Waals surface area contributed by atoms with Crippen molar-refractivity contribution >= 4 is 34.2 Å². The molecule has 128 valence electrons. The van der Waals surface area contributed by atoms with E-state index in [9.17, 15) is 14.4 Å². The summed E-state index contributed by atoms with van der Waals surface area (Å²) in [5, 5.41) is 4.89. The van der Waals surface area contributed by atoms with E-state index in [2.05, 4.69) is 11.4 Å². The molecule has 0 saturated carbocycles. The molecule has 4 rings (SSSR count). The molecule has 1 aliphatic heterocycles. The first-order valence-corrected chi connectivity index (χ1v) is 8.47. The Bertz CT molecular complexity index is 896. The largest absolute Gasteiger partial charge is 0.369 e. The molecule has 25 heavy (non-hydrogen) atoms. The topological polar surface area (TPSA) is 92.5 Å². The number of nitrogens with zero attached hydrogens (tertiary/aromatic N) is 1. The molecule has 6 nitrogen and oxygen atoms in total. The lowest BCUT2D eigenvalue weighted by molar-refractivity contribution is -0.142. The number of carbonyl (C=O) groups is 3. The summed E-state index contributed by atoms with van der Waals surface area (Å²) in [6.45, 7) is 0.592. The molecule has 0 bridgehead atoms. The molecular weight excluding hydrogens is 318 g/mol. The van der Waals surface area contributed by atoms with Crippen LogP contribution in [0.4, 0.5) is 5.69 Å². The van der Waals surface area contributed by atoms with Crippen LogP contribution in [0.3, 0.4) is 0 Å². The van der Waals surface area contributed by atoms with Gasteiger partial charge in [0.2, 0.25) is 5.91 Å². The summed E-state index contributed by atoms with van der Waals surface area (Å²) in [7, 11) is 0. The van der Waals surface area contributed by atoms with E-state index in [1.807, 2.05) is 24.3 Å². The lowest BCUT2D eigenvalue weighted by Gasteiger charge is -2.16. The number of hydrogen-bond donors (Lipinski definition) is 2. The third-order valence-electron chi connectivity index (χ3n) is 5.20. The number of amides is 3. The van der Waals surface area contributed by atoms with Crippen LogP contribution in [0.5, 0.6) is 0 Å². The van der Waals surface area contributed by atoms with Crippen LogP contribution >= 0.6 is 0 Å². The Morgan fingerprint density at radius 2 is 1.84 bits per heavy atom. The second-order valence-corrected chi connectivity index (χ2v) is 6.71. The van der Waals surface area contributed by atoms with Gasteiger partial charge in [0.1, 0.15) is 0 Å². The van der Waals surface area contributed by atoms with Crippen molar-refractivity contribution in [2.75, 3.05) is 18.4 Å². The van der Waals surface area contributed by atoms with E-state index in [1.165, 1.54) is 21.4 Å². The molecule has 3 N–H and O–H groups in total. The summed E-state index contributed by atoms with van der Waals surface area (Å²) in [6, 6.07) is 9.91. The first-order chi connectivity index (χ1) is 12.0. The quantitative estimate of drug-likeness (QED) is 0.807. The highest BCUT2D eigenvalue weighted by molar-refractivity contribution is 6.40. The van der Waals surface area contributed by atoms with Gasteiger partial charge in [0, 0.05) is 24.2 Å². The highest BCUT2D eigenvalue weighted by atomic mass is 16.2. The number of aryl methyl sites for hydroxylation is 2. The summed E-state index contributed by atoms with van der Waals surface area (Å²) in [4.78, 5) is 37.4. The molecular formula is C19H19N3O3. The summed E-state index contributed by atoms with van der Waals surface area (Å²) >= 11 is 0. The van der Waals surface area contributed by atoms with Crippen LogP contribution < -0.4 is 11.1 Å². The molecule has 2 aromatic rings. The van der Waals surface area contributed by atoms with E-state index < -0.39 is 17.7 Å². The fraction of sp³-hybridized carbons (Fsp3) is 0.316. The van der Waals surface area contributed by atoms with Crippen molar-refractivity contribution in [1.82, 2.24) is 4.90 Å². The molecule has 6 heteroatoms. The van der Waals surface area contributed by atoms with Crippen molar-refractivity contribution in [2.24, 2.45) is 11.7 Å². The van der Waals surface area contributed by atoms with E-state index in [1.54, 1.807) is 0 Å². The smallest absolute Gasteiger partial charge is 0.313 e. The Morgan fingerprint density at radius 1 is 1.08 bits per heavy atom. The Balaban J connectivity index is 1.55. The molecule has 3 amide bonds. The molecule has 1 heterocycles. The first kappa shape index (κ1) is 15.6. The van der Waals surface area contributed by atoms with E-state index in [0.29, 0.717) is 18.7 Å². The van der Waals surface area contributed by atoms with Gasteiger partial charge >= 0.3 is 11.8 Å². The molecule has 2 aliphatic rings. The van der Waals surface area contributed by atoms with Gasteiger partial charge in [0.05, 0.1) is 5.92 Å². The Hall–Kier alpha value is -2.89. The third-order valence-corrected chi connectivity index (χ3v) is 5.20. The second-order valence-electron chi connectivity index (χ2n) is 6.71. The average Bonchev–Trinajstić information content (AvgIpc) is 3.25. The number of rotatable bonds is 2. The van der Waals surface area contributed by atoms with Crippen LogP contribution in [0, 0.1) is 5.92 Å². The zero-order valence-electron chi connectivity index (χ0n) is 13.7. The van der Waals surface area contributed by atoms with Crippen LogP contribution in [0.2, 0.25) is 0 Å². The van der Waals surface area contributed by atoms with Crippen LogP contribution in [0.25, 0.3) is 10.8 Å². The van der Waals surface area contributed by atoms with Crippen molar-refractivity contribution in [3.8, 4) is 0 Å². The highest BCUT2D eigenvalue weighted by Gasteiger charge is 2.32. The highest BCUT2D eigenvalue weighted by Crippen LogP contribution is 2.35. The minimum Gasteiger partial charge on any atom is -0.369 e. The van der Waals surface area contributed by atoms with Gasteiger partial charge in [-0.2, -0.15) is 0 Å². The summed E-state index contributed by atoms with van der Waals surface area (Å²) in [5.74, 6) is -2.09. The molecule has 0 unspecified atom stereocenters. The molecule has 1 atom stereocenters. The van der Waals surface area contributed by atoms with Gasteiger partial charge in [-0.25, -0.2) is 0 Å². The number of likely N-dealkylation sites (tertiary alicyclic amines) is 1. The number of hydrogen-bond acceptors (Lipinski definition) is 3. The summed E-state index contributed by atoms with van der Waals surface area (Å²) < 4.78 is 0. The Labute approximate surface area is 145 Å². The number of carbonyl (C=O) groups excluding carboxylic acids is 3. The van der Waals surface area contributed by atoms with Crippen LogP contribution in [-0.4, -0.2) is 35.7 Å². The van der Waals surface area contributed by atoms with Crippen molar-refractivity contribution in [2.45, 2.75) is 19.3 Å². The van der Waals surface area contributed by atoms with Crippen LogP contribution in [0.15, 0.2) is 30.3 Å². The SMILES string of the molecule is NC(=O)[C@H]1CCN(C(=O)C(=O)Nc2ccc3c4c(cccc24)CC3)C1. The zero-order chi connectivity index (χ0) is 17.6. The minimum absolute atomic E-state index is 0.214. The van der Waals surface area contributed by atoms with Crippen LogP contribution in [-0.2, 0) is 27.2 Å². The third kappa shape index (κ3) is 2.63. The van der Waals surface area contributed by atoms with Crippen LogP contribution in [0.1, 0.15) is 17.5 Å².